The second-order valence-electron chi connectivity index (χ2n) is 16.2. The molecule has 270 valence electrons. The number of rotatable bonds is 6. The van der Waals surface area contributed by atoms with Gasteiger partial charge in [-0.05, 0) is 121 Å². The maximum absolute atomic E-state index is 6.49. The normalized spacial score (nSPS) is 15.1. The molecule has 0 saturated heterocycles. The first-order chi connectivity index (χ1) is 27.2. The third kappa shape index (κ3) is 5.26. The Hall–Kier alpha value is -6.58. The van der Waals surface area contributed by atoms with E-state index in [-0.39, 0.29) is 10.8 Å². The minimum Gasteiger partial charge on any atom is -0.452 e. The number of aromatic nitrogens is 2. The zero-order valence-corrected chi connectivity index (χ0v) is 32.4. The summed E-state index contributed by atoms with van der Waals surface area (Å²) in [6.07, 6.45) is 12.1. The van der Waals surface area contributed by atoms with Crippen LogP contribution < -0.4 is 0 Å². The molecule has 3 heteroatoms. The van der Waals surface area contributed by atoms with Crippen LogP contribution in [0.25, 0.3) is 78.2 Å². The Morgan fingerprint density at radius 2 is 1.18 bits per heavy atom. The molecular weight excluding hydrogens is 681 g/mol. The van der Waals surface area contributed by atoms with E-state index in [4.69, 9.17) is 14.4 Å². The number of benzene rings is 6. The van der Waals surface area contributed by atoms with E-state index in [1.807, 2.05) is 6.92 Å². The molecule has 0 bridgehead atoms. The lowest BCUT2D eigenvalue weighted by atomic mass is 9.81. The molecule has 3 nitrogen and oxygen atoms in total. The van der Waals surface area contributed by atoms with E-state index in [2.05, 4.69) is 185 Å². The van der Waals surface area contributed by atoms with Gasteiger partial charge in [0.05, 0.1) is 0 Å². The maximum Gasteiger partial charge on any atom is 0.179 e. The molecule has 2 aromatic heterocycles. The van der Waals surface area contributed by atoms with Crippen molar-refractivity contribution >= 4 is 33.7 Å². The van der Waals surface area contributed by atoms with Crippen molar-refractivity contribution < 1.29 is 4.42 Å². The lowest BCUT2D eigenvalue weighted by Crippen LogP contribution is -2.15. The molecule has 0 fully saturated rings. The van der Waals surface area contributed by atoms with E-state index in [1.165, 1.54) is 55.6 Å². The van der Waals surface area contributed by atoms with E-state index in [0.29, 0.717) is 5.58 Å². The standard InChI is InChI=1S/C53H42N2O/c1-6-7-13-33(37-20-24-41-39-16-8-10-18-44(39)52(2,3)46(41)30-37)22-26-48-51-50(55-32-54-48)43-29-36(23-27-49(43)56-51)34-14-12-15-35(28-34)38-21-25-42-40-17-9-11-19-45(40)53(4,5)47(42)31-38/h6-32H,1-5H3/b7-6-,26-22+,33-13+. The van der Waals surface area contributed by atoms with Gasteiger partial charge >= 0.3 is 0 Å². The van der Waals surface area contributed by atoms with Gasteiger partial charge in [0.2, 0.25) is 0 Å². The van der Waals surface area contributed by atoms with Crippen LogP contribution in [0.15, 0.2) is 162 Å². The highest BCUT2D eigenvalue weighted by molar-refractivity contribution is 6.06. The van der Waals surface area contributed by atoms with Gasteiger partial charge in [0.15, 0.2) is 5.58 Å². The summed E-state index contributed by atoms with van der Waals surface area (Å²) in [5.74, 6) is 0. The van der Waals surface area contributed by atoms with Gasteiger partial charge in [-0.1, -0.05) is 149 Å². The largest absolute Gasteiger partial charge is 0.452 e. The second-order valence-corrected chi connectivity index (χ2v) is 16.2. The average Bonchev–Trinajstić information content (AvgIpc) is 3.80. The molecule has 2 heterocycles. The van der Waals surface area contributed by atoms with Gasteiger partial charge in [0.1, 0.15) is 23.1 Å². The molecular formula is C53H42N2O. The van der Waals surface area contributed by atoms with Crippen molar-refractivity contribution in [3.8, 4) is 44.5 Å². The Morgan fingerprint density at radius 3 is 1.89 bits per heavy atom. The highest BCUT2D eigenvalue weighted by Gasteiger charge is 2.36. The fourth-order valence-electron chi connectivity index (χ4n) is 9.15. The van der Waals surface area contributed by atoms with Crippen LogP contribution in [0.1, 0.15) is 68.1 Å². The van der Waals surface area contributed by atoms with E-state index in [1.54, 1.807) is 6.33 Å². The van der Waals surface area contributed by atoms with Gasteiger partial charge in [0, 0.05) is 16.2 Å². The van der Waals surface area contributed by atoms with Crippen molar-refractivity contribution in [1.29, 1.82) is 0 Å². The fraction of sp³-hybridized carbons (Fsp3) is 0.132. The van der Waals surface area contributed by atoms with Gasteiger partial charge in [-0.25, -0.2) is 9.97 Å². The third-order valence-corrected chi connectivity index (χ3v) is 12.2. The van der Waals surface area contributed by atoms with Gasteiger partial charge in [-0.15, -0.1) is 0 Å². The van der Waals surface area contributed by atoms with Crippen molar-refractivity contribution in [3.05, 3.63) is 192 Å². The summed E-state index contributed by atoms with van der Waals surface area (Å²) in [7, 11) is 0. The Balaban J connectivity index is 0.982. The van der Waals surface area contributed by atoms with Crippen molar-refractivity contribution in [2.24, 2.45) is 0 Å². The number of hydrogen-bond donors (Lipinski definition) is 0. The predicted molar refractivity (Wildman–Crippen MR) is 234 cm³/mol. The first-order valence-electron chi connectivity index (χ1n) is 19.5. The van der Waals surface area contributed by atoms with Crippen molar-refractivity contribution in [3.63, 3.8) is 0 Å². The average molecular weight is 723 g/mol. The molecule has 0 saturated carbocycles. The van der Waals surface area contributed by atoms with Crippen LogP contribution in [0.3, 0.4) is 0 Å². The molecule has 0 unspecified atom stereocenters. The Labute approximate surface area is 328 Å². The van der Waals surface area contributed by atoms with Crippen LogP contribution in [0.4, 0.5) is 0 Å². The van der Waals surface area contributed by atoms with E-state index >= 15 is 0 Å². The molecule has 10 rings (SSSR count). The summed E-state index contributed by atoms with van der Waals surface area (Å²) in [5.41, 5.74) is 20.7. The minimum atomic E-state index is -0.0728. The predicted octanol–water partition coefficient (Wildman–Crippen LogP) is 14.0. The number of hydrogen-bond acceptors (Lipinski definition) is 3. The zero-order chi connectivity index (χ0) is 38.2. The zero-order valence-electron chi connectivity index (χ0n) is 32.4. The first-order valence-corrected chi connectivity index (χ1v) is 19.5. The van der Waals surface area contributed by atoms with Gasteiger partial charge in [-0.3, -0.25) is 0 Å². The van der Waals surface area contributed by atoms with Crippen molar-refractivity contribution in [1.82, 2.24) is 9.97 Å². The lowest BCUT2D eigenvalue weighted by molar-refractivity contribution is 0.660. The molecule has 2 aliphatic rings. The summed E-state index contributed by atoms with van der Waals surface area (Å²) in [5, 5.41) is 0.974. The van der Waals surface area contributed by atoms with Gasteiger partial charge in [0.25, 0.3) is 0 Å². The molecule has 0 spiro atoms. The van der Waals surface area contributed by atoms with Crippen LogP contribution in [-0.2, 0) is 10.8 Å². The number of allylic oxidation sites excluding steroid dienone is 5. The van der Waals surface area contributed by atoms with Gasteiger partial charge < -0.3 is 4.42 Å². The van der Waals surface area contributed by atoms with Crippen LogP contribution in [-0.4, -0.2) is 9.97 Å². The van der Waals surface area contributed by atoms with Crippen LogP contribution in [0, 0.1) is 0 Å². The van der Waals surface area contributed by atoms with E-state index in [9.17, 15) is 0 Å². The number of fused-ring (bicyclic) bond motifs is 9. The summed E-state index contributed by atoms with van der Waals surface area (Å²) in [6, 6.07) is 46.6. The topological polar surface area (TPSA) is 38.9 Å². The third-order valence-electron chi connectivity index (χ3n) is 12.2. The van der Waals surface area contributed by atoms with Crippen LogP contribution in [0.2, 0.25) is 0 Å². The summed E-state index contributed by atoms with van der Waals surface area (Å²) in [6.45, 7) is 11.4. The molecule has 6 aromatic carbocycles. The molecule has 0 atom stereocenters. The minimum absolute atomic E-state index is 0.0424. The monoisotopic (exact) mass is 722 g/mol. The molecule has 8 aromatic rings. The van der Waals surface area contributed by atoms with Crippen LogP contribution in [0.5, 0.6) is 0 Å². The Bertz CT molecular complexity index is 2990. The SMILES string of the molecule is C\C=C/C=C(\C=C\c1ncnc2c1oc1ccc(-c3cccc(-c4ccc5c(c4)C(C)(C)c4ccccc4-5)c3)cc12)c1ccc2c(c1)C(C)(C)c1ccccc1-2. The first kappa shape index (κ1) is 33.9. The molecule has 0 radical (unpaired) electrons. The Kier molecular flexibility index (Phi) is 7.73. The quantitative estimate of drug-likeness (QED) is 0.160. The Morgan fingerprint density at radius 1 is 0.571 bits per heavy atom. The molecule has 0 aliphatic heterocycles. The maximum atomic E-state index is 6.49. The fourth-order valence-corrected chi connectivity index (χ4v) is 9.15. The number of nitrogens with zero attached hydrogens (tertiary/aromatic N) is 2. The second kappa shape index (κ2) is 12.7. The van der Waals surface area contributed by atoms with Crippen molar-refractivity contribution in [2.45, 2.75) is 45.4 Å². The highest BCUT2D eigenvalue weighted by atomic mass is 16.3. The molecule has 2 aliphatic carbocycles. The van der Waals surface area contributed by atoms with E-state index in [0.717, 1.165) is 44.4 Å². The van der Waals surface area contributed by atoms with E-state index < -0.39 is 0 Å². The molecule has 0 N–H and O–H groups in total. The molecule has 0 amide bonds. The number of furan rings is 1. The van der Waals surface area contributed by atoms with Gasteiger partial charge in [-0.2, -0.15) is 0 Å². The van der Waals surface area contributed by atoms with Crippen LogP contribution >= 0.6 is 0 Å². The summed E-state index contributed by atoms with van der Waals surface area (Å²) in [4.78, 5) is 9.43. The molecule has 56 heavy (non-hydrogen) atoms. The lowest BCUT2D eigenvalue weighted by Gasteiger charge is -2.22. The summed E-state index contributed by atoms with van der Waals surface area (Å²) < 4.78 is 6.49. The smallest absolute Gasteiger partial charge is 0.179 e. The van der Waals surface area contributed by atoms with Crippen molar-refractivity contribution in [2.75, 3.05) is 0 Å². The highest BCUT2D eigenvalue weighted by Crippen LogP contribution is 2.51. The summed E-state index contributed by atoms with van der Waals surface area (Å²) >= 11 is 0.